The minimum Gasteiger partial charge on any atom is -0.352 e. The summed E-state index contributed by atoms with van der Waals surface area (Å²) in [7, 11) is 0. The van der Waals surface area contributed by atoms with E-state index in [4.69, 9.17) is 0 Å². The van der Waals surface area contributed by atoms with Crippen molar-refractivity contribution in [2.45, 2.75) is 13.8 Å². The van der Waals surface area contributed by atoms with Crippen molar-refractivity contribution in [2.24, 2.45) is 5.92 Å². The minimum absolute atomic E-state index is 0.161. The fraction of sp³-hybridized carbons (Fsp3) is 0.286. The fourth-order valence-corrected chi connectivity index (χ4v) is 1.41. The maximum Gasteiger partial charge on any atom is 0.230 e. The van der Waals surface area contributed by atoms with Gasteiger partial charge < -0.3 is 5.32 Å². The second-order valence-electron chi connectivity index (χ2n) is 3.99. The van der Waals surface area contributed by atoms with Crippen LogP contribution in [0, 0.1) is 12.8 Å². The molecule has 1 aromatic rings. The number of ketones is 1. The minimum atomic E-state index is -0.669. The lowest BCUT2D eigenvalue weighted by Crippen LogP contribution is -2.33. The van der Waals surface area contributed by atoms with E-state index in [0.717, 1.165) is 5.56 Å². The van der Waals surface area contributed by atoms with Gasteiger partial charge in [-0.1, -0.05) is 35.9 Å². The first-order valence-corrected chi connectivity index (χ1v) is 5.55. The first kappa shape index (κ1) is 13.2. The van der Waals surface area contributed by atoms with Crippen LogP contribution in [0.1, 0.15) is 22.8 Å². The van der Waals surface area contributed by atoms with Crippen molar-refractivity contribution in [1.29, 1.82) is 0 Å². The molecule has 0 aromatic heterocycles. The highest BCUT2D eigenvalue weighted by atomic mass is 16.2. The van der Waals surface area contributed by atoms with E-state index < -0.39 is 5.92 Å². The highest BCUT2D eigenvalue weighted by Crippen LogP contribution is 2.10. The number of hydrogen-bond acceptors (Lipinski definition) is 2. The van der Waals surface area contributed by atoms with Gasteiger partial charge in [0.1, 0.15) is 0 Å². The molecule has 0 heterocycles. The van der Waals surface area contributed by atoms with Crippen LogP contribution in [-0.2, 0) is 4.79 Å². The molecular formula is C14H17NO2. The lowest BCUT2D eigenvalue weighted by molar-refractivity contribution is -0.122. The summed E-state index contributed by atoms with van der Waals surface area (Å²) in [6.07, 6.45) is 1.58. The van der Waals surface area contributed by atoms with Gasteiger partial charge in [0, 0.05) is 12.1 Å². The first-order chi connectivity index (χ1) is 8.06. The molecule has 17 heavy (non-hydrogen) atoms. The average molecular weight is 231 g/mol. The SMILES string of the molecule is C=CCNC(=O)[C@@H](C)C(=O)c1ccc(C)cc1. The number of Topliss-reactive ketones (excluding diaryl/α,β-unsaturated/α-hetero) is 1. The summed E-state index contributed by atoms with van der Waals surface area (Å²) >= 11 is 0. The molecule has 1 aromatic carbocycles. The molecule has 0 aliphatic rings. The topological polar surface area (TPSA) is 46.2 Å². The van der Waals surface area contributed by atoms with E-state index in [1.165, 1.54) is 0 Å². The van der Waals surface area contributed by atoms with Gasteiger partial charge in [0.2, 0.25) is 5.91 Å². The van der Waals surface area contributed by atoms with Crippen LogP contribution < -0.4 is 5.32 Å². The van der Waals surface area contributed by atoms with Gasteiger partial charge in [-0.2, -0.15) is 0 Å². The molecule has 0 saturated heterocycles. The van der Waals surface area contributed by atoms with Gasteiger partial charge >= 0.3 is 0 Å². The standard InChI is InChI=1S/C14H17NO2/c1-4-9-15-14(17)11(3)13(16)12-7-5-10(2)6-8-12/h4-8,11H,1,9H2,2-3H3,(H,15,17)/t11-/m0/s1. The summed E-state index contributed by atoms with van der Waals surface area (Å²) in [6.45, 7) is 7.45. The highest BCUT2D eigenvalue weighted by Gasteiger charge is 2.21. The zero-order chi connectivity index (χ0) is 12.8. The molecule has 3 heteroatoms. The van der Waals surface area contributed by atoms with Crippen molar-refractivity contribution < 1.29 is 9.59 Å². The number of rotatable bonds is 5. The third-order valence-corrected chi connectivity index (χ3v) is 2.54. The Kier molecular flexibility index (Phi) is 4.64. The summed E-state index contributed by atoms with van der Waals surface area (Å²) < 4.78 is 0. The lowest BCUT2D eigenvalue weighted by Gasteiger charge is -2.10. The normalized spacial score (nSPS) is 11.6. The Balaban J connectivity index is 2.72. The quantitative estimate of drug-likeness (QED) is 0.479. The van der Waals surface area contributed by atoms with E-state index >= 15 is 0 Å². The molecule has 90 valence electrons. The Morgan fingerprint density at radius 3 is 2.47 bits per heavy atom. The molecule has 1 rings (SSSR count). The van der Waals surface area contributed by atoms with Crippen molar-refractivity contribution >= 4 is 11.7 Å². The second-order valence-corrected chi connectivity index (χ2v) is 3.99. The predicted octanol–water partition coefficient (Wildman–Crippen LogP) is 2.12. The number of benzene rings is 1. The van der Waals surface area contributed by atoms with Crippen molar-refractivity contribution in [2.75, 3.05) is 6.54 Å². The largest absolute Gasteiger partial charge is 0.352 e. The van der Waals surface area contributed by atoms with E-state index in [-0.39, 0.29) is 11.7 Å². The third-order valence-electron chi connectivity index (χ3n) is 2.54. The van der Waals surface area contributed by atoms with E-state index in [2.05, 4.69) is 11.9 Å². The monoisotopic (exact) mass is 231 g/mol. The van der Waals surface area contributed by atoms with E-state index in [1.54, 1.807) is 25.1 Å². The van der Waals surface area contributed by atoms with Crippen molar-refractivity contribution in [3.05, 3.63) is 48.0 Å². The fourth-order valence-electron chi connectivity index (χ4n) is 1.41. The van der Waals surface area contributed by atoms with Gasteiger partial charge in [-0.05, 0) is 13.8 Å². The molecule has 0 fully saturated rings. The van der Waals surface area contributed by atoms with Gasteiger partial charge in [-0.3, -0.25) is 9.59 Å². The zero-order valence-corrected chi connectivity index (χ0v) is 10.2. The van der Waals surface area contributed by atoms with Gasteiger partial charge in [-0.15, -0.1) is 6.58 Å². The average Bonchev–Trinajstić information content (AvgIpc) is 2.35. The molecule has 0 aliphatic heterocycles. The second kappa shape index (κ2) is 5.99. The van der Waals surface area contributed by atoms with Gasteiger partial charge in [0.25, 0.3) is 0 Å². The molecule has 1 atom stereocenters. The Labute approximate surface area is 102 Å². The Morgan fingerprint density at radius 1 is 1.35 bits per heavy atom. The summed E-state index contributed by atoms with van der Waals surface area (Å²) in [5, 5.41) is 2.62. The molecule has 3 nitrogen and oxygen atoms in total. The van der Waals surface area contributed by atoms with Crippen LogP contribution in [0.25, 0.3) is 0 Å². The molecule has 0 unspecified atom stereocenters. The number of carbonyl (C=O) groups is 2. The molecule has 1 amide bonds. The number of aryl methyl sites for hydroxylation is 1. The Hall–Kier alpha value is -1.90. The molecule has 0 aliphatic carbocycles. The maximum absolute atomic E-state index is 12.0. The van der Waals surface area contributed by atoms with Gasteiger partial charge in [0.05, 0.1) is 5.92 Å². The van der Waals surface area contributed by atoms with Crippen LogP contribution in [0.4, 0.5) is 0 Å². The summed E-state index contributed by atoms with van der Waals surface area (Å²) in [6, 6.07) is 7.22. The molecule has 1 N–H and O–H groups in total. The van der Waals surface area contributed by atoms with Crippen LogP contribution in [0.5, 0.6) is 0 Å². The summed E-state index contributed by atoms with van der Waals surface area (Å²) in [4.78, 5) is 23.6. The number of carbonyl (C=O) groups excluding carboxylic acids is 2. The zero-order valence-electron chi connectivity index (χ0n) is 10.2. The van der Waals surface area contributed by atoms with Crippen molar-refractivity contribution in [3.63, 3.8) is 0 Å². The van der Waals surface area contributed by atoms with E-state index in [1.807, 2.05) is 19.1 Å². The van der Waals surface area contributed by atoms with Crippen molar-refractivity contribution in [3.8, 4) is 0 Å². The summed E-state index contributed by atoms with van der Waals surface area (Å²) in [5.74, 6) is -1.10. The molecule has 0 saturated carbocycles. The van der Waals surface area contributed by atoms with E-state index in [9.17, 15) is 9.59 Å². The van der Waals surface area contributed by atoms with Crippen LogP contribution in [-0.4, -0.2) is 18.2 Å². The smallest absolute Gasteiger partial charge is 0.230 e. The lowest BCUT2D eigenvalue weighted by atomic mass is 9.98. The molecule has 0 spiro atoms. The summed E-state index contributed by atoms with van der Waals surface area (Å²) in [5.41, 5.74) is 1.65. The van der Waals surface area contributed by atoms with Gasteiger partial charge in [0.15, 0.2) is 5.78 Å². The van der Waals surface area contributed by atoms with Crippen LogP contribution >= 0.6 is 0 Å². The number of nitrogens with one attached hydrogen (secondary N) is 1. The van der Waals surface area contributed by atoms with E-state index in [0.29, 0.717) is 12.1 Å². The maximum atomic E-state index is 12.0. The highest BCUT2D eigenvalue weighted by molar-refractivity contribution is 6.09. The first-order valence-electron chi connectivity index (χ1n) is 5.55. The third kappa shape index (κ3) is 3.55. The number of hydrogen-bond donors (Lipinski definition) is 1. The Morgan fingerprint density at radius 2 is 1.94 bits per heavy atom. The predicted molar refractivity (Wildman–Crippen MR) is 67.9 cm³/mol. The number of amides is 1. The molecule has 0 bridgehead atoms. The van der Waals surface area contributed by atoms with Crippen LogP contribution in [0.3, 0.4) is 0 Å². The molecule has 0 radical (unpaired) electrons. The van der Waals surface area contributed by atoms with Crippen molar-refractivity contribution in [1.82, 2.24) is 5.32 Å². The van der Waals surface area contributed by atoms with Gasteiger partial charge in [-0.25, -0.2) is 0 Å². The Bertz CT molecular complexity index is 420. The van der Waals surface area contributed by atoms with Crippen LogP contribution in [0.2, 0.25) is 0 Å². The molecular weight excluding hydrogens is 214 g/mol. The van der Waals surface area contributed by atoms with Crippen LogP contribution in [0.15, 0.2) is 36.9 Å².